The van der Waals surface area contributed by atoms with Crippen LogP contribution in [0.15, 0.2) is 0 Å². The Morgan fingerprint density at radius 1 is 1.47 bits per heavy atom. The lowest BCUT2D eigenvalue weighted by Gasteiger charge is -2.20. The van der Waals surface area contributed by atoms with Gasteiger partial charge in [0.25, 0.3) is 0 Å². The van der Waals surface area contributed by atoms with Crippen molar-refractivity contribution in [2.45, 2.75) is 56.2 Å². The summed E-state index contributed by atoms with van der Waals surface area (Å²) in [6, 6.07) is 0. The van der Waals surface area contributed by atoms with Gasteiger partial charge in [0.15, 0.2) is 6.29 Å². The molecule has 0 N–H and O–H groups in total. The topological polar surface area (TPSA) is 21.8 Å². The van der Waals surface area contributed by atoms with Gasteiger partial charge in [0.1, 0.15) is 6.10 Å². The molecule has 2 aliphatic rings. The molecule has 0 spiro atoms. The molecule has 2 heterocycles. The summed E-state index contributed by atoms with van der Waals surface area (Å²) in [5.41, 5.74) is 0. The van der Waals surface area contributed by atoms with Gasteiger partial charge in [-0.15, -0.1) is 0 Å². The van der Waals surface area contributed by atoms with E-state index < -0.39 is 0 Å². The van der Waals surface area contributed by atoms with Crippen LogP contribution in [-0.2, 0) is 9.47 Å². The van der Waals surface area contributed by atoms with E-state index in [9.17, 15) is 0 Å². The smallest absolute Gasteiger partial charge is 0.184 e. The summed E-state index contributed by atoms with van der Waals surface area (Å²) in [7, 11) is 5.84. The van der Waals surface area contributed by atoms with E-state index in [1.54, 1.807) is 7.11 Å². The van der Waals surface area contributed by atoms with Crippen molar-refractivity contribution in [1.29, 1.82) is 0 Å². The Balaban J connectivity index is 1.52. The van der Waals surface area contributed by atoms with Crippen LogP contribution in [0.4, 0.5) is 0 Å². The Kier molecular flexibility index (Phi) is 4.27. The Labute approximate surface area is 100 Å². The molecule has 88 valence electrons. The molecule has 3 atom stereocenters. The highest BCUT2D eigenvalue weighted by Crippen LogP contribution is 2.49. The van der Waals surface area contributed by atoms with E-state index in [-0.39, 0.29) is 6.29 Å². The van der Waals surface area contributed by atoms with Gasteiger partial charge < -0.3 is 9.47 Å². The van der Waals surface area contributed by atoms with E-state index in [2.05, 4.69) is 17.7 Å². The maximum atomic E-state index is 5.33. The summed E-state index contributed by atoms with van der Waals surface area (Å²) in [4.78, 5) is 0. The van der Waals surface area contributed by atoms with E-state index in [0.29, 0.717) is 10.9 Å². The first-order valence-corrected chi connectivity index (χ1v) is 8.04. The molecule has 2 aliphatic heterocycles. The largest absolute Gasteiger partial charge is 0.353 e. The average Bonchev–Trinajstić information content (AvgIpc) is 2.87. The summed E-state index contributed by atoms with van der Waals surface area (Å²) in [5.74, 6) is 1.33. The Hall–Kier alpha value is 0.620. The van der Waals surface area contributed by atoms with Gasteiger partial charge in [-0.05, 0) is 26.2 Å². The van der Waals surface area contributed by atoms with Crippen LogP contribution in [0, 0.1) is 0 Å². The molecule has 0 saturated carbocycles. The first kappa shape index (κ1) is 12.1. The predicted octanol–water partition coefficient (Wildman–Crippen LogP) is 3.46. The molecule has 15 heavy (non-hydrogen) atoms. The number of ether oxygens (including phenoxy) is 2. The summed E-state index contributed by atoms with van der Waals surface area (Å²) in [6.45, 7) is 2.41. The fraction of sp³-hybridized carbons (Fsp3) is 1.00. The predicted molar refractivity (Wildman–Crippen MR) is 67.2 cm³/mol. The van der Waals surface area contributed by atoms with Gasteiger partial charge in [0, 0.05) is 17.6 Å². The van der Waals surface area contributed by atoms with Crippen molar-refractivity contribution in [1.82, 2.24) is 0 Å². The highest BCUT2D eigenvalue weighted by molar-refractivity contribution is 8.77. The van der Waals surface area contributed by atoms with Crippen LogP contribution >= 0.6 is 21.6 Å². The fourth-order valence-corrected chi connectivity index (χ4v) is 5.33. The maximum Gasteiger partial charge on any atom is 0.184 e. The van der Waals surface area contributed by atoms with Crippen LogP contribution in [-0.4, -0.2) is 30.0 Å². The second-order valence-electron chi connectivity index (χ2n) is 4.63. The molecular weight excluding hydrogens is 228 g/mol. The highest BCUT2D eigenvalue weighted by atomic mass is 33.1. The third-order valence-corrected chi connectivity index (χ3v) is 6.55. The molecule has 0 aromatic rings. The van der Waals surface area contributed by atoms with Crippen molar-refractivity contribution >= 4 is 21.6 Å². The second kappa shape index (κ2) is 5.30. The van der Waals surface area contributed by atoms with Crippen molar-refractivity contribution < 1.29 is 9.47 Å². The minimum atomic E-state index is 0.108. The molecule has 0 aliphatic carbocycles. The van der Waals surface area contributed by atoms with Gasteiger partial charge in [-0.2, -0.15) is 0 Å². The van der Waals surface area contributed by atoms with Gasteiger partial charge in [0.05, 0.1) is 0 Å². The van der Waals surface area contributed by atoms with E-state index in [0.717, 1.165) is 0 Å². The zero-order chi connectivity index (χ0) is 10.7. The zero-order valence-corrected chi connectivity index (χ0v) is 11.2. The standard InChI is InChI=1S/C11H20O2S2/c1-11(7-8-14-15-11)6-4-3-5-9-10(12-2)13-9/h9-10H,3-8H2,1-2H3/t9?,10?,11-/m1/s1. The first-order chi connectivity index (χ1) is 7.23. The van der Waals surface area contributed by atoms with Crippen molar-refractivity contribution in [3.8, 4) is 0 Å². The molecule has 2 fully saturated rings. The van der Waals surface area contributed by atoms with Gasteiger partial charge in [-0.25, -0.2) is 0 Å². The summed E-state index contributed by atoms with van der Waals surface area (Å²) in [5, 5.41) is 0. The van der Waals surface area contributed by atoms with Crippen molar-refractivity contribution in [3.05, 3.63) is 0 Å². The van der Waals surface area contributed by atoms with Crippen LogP contribution in [0.1, 0.15) is 39.0 Å². The minimum Gasteiger partial charge on any atom is -0.353 e. The molecule has 0 aromatic carbocycles. The molecule has 2 nitrogen and oxygen atoms in total. The number of hydrogen-bond donors (Lipinski definition) is 0. The normalized spacial score (nSPS) is 39.6. The van der Waals surface area contributed by atoms with Crippen molar-refractivity contribution in [2.24, 2.45) is 0 Å². The quantitative estimate of drug-likeness (QED) is 0.408. The van der Waals surface area contributed by atoms with Crippen LogP contribution in [0.5, 0.6) is 0 Å². The van der Waals surface area contributed by atoms with Gasteiger partial charge >= 0.3 is 0 Å². The number of methoxy groups -OCH3 is 1. The zero-order valence-electron chi connectivity index (χ0n) is 9.53. The summed E-state index contributed by atoms with van der Waals surface area (Å²) in [6.07, 6.45) is 7.03. The molecule has 0 radical (unpaired) electrons. The minimum absolute atomic E-state index is 0.108. The third kappa shape index (κ3) is 3.55. The monoisotopic (exact) mass is 248 g/mol. The van der Waals surface area contributed by atoms with Crippen LogP contribution < -0.4 is 0 Å². The molecular formula is C11H20O2S2. The molecule has 4 heteroatoms. The van der Waals surface area contributed by atoms with Gasteiger partial charge in [-0.1, -0.05) is 34.4 Å². The Morgan fingerprint density at radius 2 is 2.33 bits per heavy atom. The SMILES string of the molecule is COC1OC1CCCC[C@]1(C)CCSS1. The van der Waals surface area contributed by atoms with E-state index in [1.807, 2.05) is 10.8 Å². The van der Waals surface area contributed by atoms with E-state index in [1.165, 1.54) is 37.9 Å². The Bertz CT molecular complexity index is 205. The molecule has 0 bridgehead atoms. The second-order valence-corrected chi connectivity index (χ2v) is 7.63. The first-order valence-electron chi connectivity index (χ1n) is 5.72. The molecule has 2 unspecified atom stereocenters. The number of rotatable bonds is 6. The lowest BCUT2D eigenvalue weighted by atomic mass is 9.99. The molecule has 2 rings (SSSR count). The molecule has 0 amide bonds. The van der Waals surface area contributed by atoms with Crippen LogP contribution in [0.2, 0.25) is 0 Å². The van der Waals surface area contributed by atoms with Crippen molar-refractivity contribution in [3.63, 3.8) is 0 Å². The van der Waals surface area contributed by atoms with Gasteiger partial charge in [-0.3, -0.25) is 0 Å². The molecule has 0 aromatic heterocycles. The summed E-state index contributed by atoms with van der Waals surface area (Å²) >= 11 is 0. The van der Waals surface area contributed by atoms with Crippen LogP contribution in [0.3, 0.4) is 0 Å². The number of hydrogen-bond acceptors (Lipinski definition) is 4. The van der Waals surface area contributed by atoms with Gasteiger partial charge in [0.2, 0.25) is 0 Å². The third-order valence-electron chi connectivity index (χ3n) is 3.19. The Morgan fingerprint density at radius 3 is 2.93 bits per heavy atom. The lowest BCUT2D eigenvalue weighted by molar-refractivity contribution is 0.0950. The number of unbranched alkanes of at least 4 members (excludes halogenated alkanes) is 1. The average molecular weight is 248 g/mol. The fourth-order valence-electron chi connectivity index (χ4n) is 2.03. The van der Waals surface area contributed by atoms with Crippen LogP contribution in [0.25, 0.3) is 0 Å². The summed E-state index contributed by atoms with van der Waals surface area (Å²) < 4.78 is 11.0. The maximum absolute atomic E-state index is 5.33. The van der Waals surface area contributed by atoms with E-state index >= 15 is 0 Å². The highest BCUT2D eigenvalue weighted by Gasteiger charge is 2.38. The van der Waals surface area contributed by atoms with Crippen molar-refractivity contribution in [2.75, 3.05) is 12.9 Å². The lowest BCUT2D eigenvalue weighted by Crippen LogP contribution is -2.15. The van der Waals surface area contributed by atoms with E-state index in [4.69, 9.17) is 9.47 Å². The number of epoxide rings is 1. The molecule has 2 saturated heterocycles.